The fourth-order valence-corrected chi connectivity index (χ4v) is 3.28. The molecule has 0 bridgehead atoms. The van der Waals surface area contributed by atoms with Gasteiger partial charge >= 0.3 is 5.97 Å². The fourth-order valence-electron chi connectivity index (χ4n) is 2.17. The minimum Gasteiger partial charge on any atom is -0.481 e. The van der Waals surface area contributed by atoms with E-state index in [0.717, 1.165) is 0 Å². The van der Waals surface area contributed by atoms with Crippen molar-refractivity contribution >= 4 is 34.8 Å². The summed E-state index contributed by atoms with van der Waals surface area (Å²) in [5.41, 5.74) is 0. The van der Waals surface area contributed by atoms with Crippen LogP contribution in [0.2, 0.25) is 4.34 Å². The molecule has 1 fully saturated rings. The van der Waals surface area contributed by atoms with Gasteiger partial charge in [-0.25, -0.2) is 4.98 Å². The summed E-state index contributed by atoms with van der Waals surface area (Å²) in [6.45, 7) is 0.703. The third-order valence-corrected chi connectivity index (χ3v) is 4.22. The molecule has 0 aliphatic carbocycles. The highest BCUT2D eigenvalue weighted by Gasteiger charge is 2.45. The summed E-state index contributed by atoms with van der Waals surface area (Å²) >= 11 is 7.04. The van der Waals surface area contributed by atoms with Crippen molar-refractivity contribution in [2.24, 2.45) is 5.92 Å². The monoisotopic (exact) mass is 304 g/mol. The van der Waals surface area contributed by atoms with Crippen LogP contribution in [0.4, 0.5) is 0 Å². The van der Waals surface area contributed by atoms with E-state index >= 15 is 0 Å². The average Bonchev–Trinajstić information content (AvgIpc) is 2.90. The van der Waals surface area contributed by atoms with E-state index in [4.69, 9.17) is 16.3 Å². The van der Waals surface area contributed by atoms with E-state index in [2.05, 4.69) is 4.98 Å². The van der Waals surface area contributed by atoms with Crippen LogP contribution in [0.5, 0.6) is 0 Å². The molecule has 6 nitrogen and oxygen atoms in total. The molecule has 2 heterocycles. The van der Waals surface area contributed by atoms with Gasteiger partial charge in [0.05, 0.1) is 24.8 Å². The molecule has 8 heteroatoms. The van der Waals surface area contributed by atoms with E-state index in [1.54, 1.807) is 0 Å². The second-order valence-corrected chi connectivity index (χ2v) is 5.87. The molecular weight excluding hydrogens is 292 g/mol. The lowest BCUT2D eigenvalue weighted by atomic mass is 10.0. The van der Waals surface area contributed by atoms with Gasteiger partial charge < -0.3 is 14.7 Å². The minimum absolute atomic E-state index is 0.0130. The number of carboxylic acid groups (broad SMARTS) is 1. The molecule has 1 aromatic rings. The van der Waals surface area contributed by atoms with Crippen molar-refractivity contribution in [2.45, 2.75) is 12.5 Å². The molecule has 2 atom stereocenters. The molecule has 2 rings (SSSR count). The minimum atomic E-state index is -0.996. The first-order valence-electron chi connectivity index (χ1n) is 5.67. The second kappa shape index (κ2) is 5.85. The second-order valence-electron chi connectivity index (χ2n) is 4.18. The Morgan fingerprint density at radius 1 is 1.74 bits per heavy atom. The van der Waals surface area contributed by atoms with Crippen molar-refractivity contribution < 1.29 is 19.4 Å². The summed E-state index contributed by atoms with van der Waals surface area (Å²) in [4.78, 5) is 28.9. The molecule has 0 aromatic carbocycles. The van der Waals surface area contributed by atoms with Crippen LogP contribution in [0, 0.1) is 5.92 Å². The van der Waals surface area contributed by atoms with E-state index in [9.17, 15) is 14.7 Å². The zero-order valence-electron chi connectivity index (χ0n) is 10.2. The highest BCUT2D eigenvalue weighted by Crippen LogP contribution is 2.40. The van der Waals surface area contributed by atoms with Crippen molar-refractivity contribution in [1.29, 1.82) is 0 Å². The molecule has 1 amide bonds. The first-order chi connectivity index (χ1) is 9.04. The summed E-state index contributed by atoms with van der Waals surface area (Å²) in [5.74, 6) is -1.98. The molecule has 19 heavy (non-hydrogen) atoms. The number of carbonyl (C=O) groups is 2. The number of hydrogen-bond donors (Lipinski definition) is 1. The number of thiazole rings is 1. The van der Waals surface area contributed by atoms with Gasteiger partial charge in [0.15, 0.2) is 0 Å². The third kappa shape index (κ3) is 2.88. The number of likely N-dealkylation sites (tertiary alicyclic amines) is 1. The molecule has 1 aliphatic rings. The molecule has 1 aromatic heterocycles. The first kappa shape index (κ1) is 14.2. The number of rotatable bonds is 5. The average molecular weight is 305 g/mol. The number of nitrogens with zero attached hydrogens (tertiary/aromatic N) is 2. The Balaban J connectivity index is 2.30. The molecule has 0 saturated carbocycles. The molecular formula is C11H13ClN2O4S. The van der Waals surface area contributed by atoms with Crippen molar-refractivity contribution in [3.8, 4) is 0 Å². The number of aliphatic carboxylic acids is 1. The summed E-state index contributed by atoms with van der Waals surface area (Å²) in [7, 11) is 1.53. The van der Waals surface area contributed by atoms with Gasteiger partial charge in [-0.05, 0) is 0 Å². The molecule has 104 valence electrons. The van der Waals surface area contributed by atoms with Gasteiger partial charge in [-0.1, -0.05) is 11.6 Å². The number of ether oxygens (including phenoxy) is 1. The van der Waals surface area contributed by atoms with Crippen LogP contribution in [0.25, 0.3) is 0 Å². The maximum atomic E-state index is 11.9. The Labute approximate surface area is 118 Å². The summed E-state index contributed by atoms with van der Waals surface area (Å²) in [6.07, 6.45) is 1.46. The van der Waals surface area contributed by atoms with E-state index in [0.29, 0.717) is 22.5 Å². The van der Waals surface area contributed by atoms with Gasteiger partial charge in [0.2, 0.25) is 5.91 Å². The van der Waals surface area contributed by atoms with Crippen LogP contribution in [0.3, 0.4) is 0 Å². The lowest BCUT2D eigenvalue weighted by molar-refractivity contribution is -0.142. The van der Waals surface area contributed by atoms with Crippen LogP contribution in [0.15, 0.2) is 6.20 Å². The number of hydrogen-bond acceptors (Lipinski definition) is 5. The molecule has 0 spiro atoms. The lowest BCUT2D eigenvalue weighted by Gasteiger charge is -2.24. The Hall–Kier alpha value is -1.18. The Morgan fingerprint density at radius 3 is 3.00 bits per heavy atom. The quantitative estimate of drug-likeness (QED) is 0.890. The van der Waals surface area contributed by atoms with Gasteiger partial charge in [-0.15, -0.1) is 11.3 Å². The van der Waals surface area contributed by atoms with E-state index in [1.165, 1.54) is 29.5 Å². The van der Waals surface area contributed by atoms with E-state index in [1.807, 2.05) is 0 Å². The zero-order valence-corrected chi connectivity index (χ0v) is 11.8. The lowest BCUT2D eigenvalue weighted by Crippen LogP contribution is -2.33. The molecule has 1 N–H and O–H groups in total. The van der Waals surface area contributed by atoms with Gasteiger partial charge in [0, 0.05) is 20.1 Å². The highest BCUT2D eigenvalue weighted by atomic mass is 35.5. The smallest absolute Gasteiger partial charge is 0.309 e. The topological polar surface area (TPSA) is 79.7 Å². The maximum absolute atomic E-state index is 11.9. The van der Waals surface area contributed by atoms with Crippen molar-refractivity contribution in [3.63, 3.8) is 0 Å². The summed E-state index contributed by atoms with van der Waals surface area (Å²) < 4.78 is 5.43. The van der Waals surface area contributed by atoms with E-state index < -0.39 is 17.9 Å². The van der Waals surface area contributed by atoms with Crippen LogP contribution < -0.4 is 0 Å². The normalized spacial score (nSPS) is 23.1. The van der Waals surface area contributed by atoms with Gasteiger partial charge in [-0.2, -0.15) is 0 Å². The highest BCUT2D eigenvalue weighted by molar-refractivity contribution is 7.15. The summed E-state index contributed by atoms with van der Waals surface area (Å²) in [5, 5.41) is 9.80. The van der Waals surface area contributed by atoms with Gasteiger partial charge in [0.25, 0.3) is 0 Å². The van der Waals surface area contributed by atoms with Crippen LogP contribution in [-0.4, -0.2) is 47.1 Å². The molecule has 2 unspecified atom stereocenters. The fraction of sp³-hybridized carbons (Fsp3) is 0.545. The van der Waals surface area contributed by atoms with Crippen molar-refractivity contribution in [3.05, 3.63) is 15.5 Å². The Kier molecular flexibility index (Phi) is 4.38. The van der Waals surface area contributed by atoms with Crippen LogP contribution in [-0.2, 0) is 14.3 Å². The number of halogens is 1. The summed E-state index contributed by atoms with van der Waals surface area (Å²) in [6, 6.07) is -0.558. The largest absolute Gasteiger partial charge is 0.481 e. The number of methoxy groups -OCH3 is 1. The van der Waals surface area contributed by atoms with Crippen molar-refractivity contribution in [2.75, 3.05) is 20.3 Å². The number of amides is 1. The number of aromatic nitrogens is 1. The zero-order chi connectivity index (χ0) is 14.0. The molecule has 0 radical (unpaired) electrons. The van der Waals surface area contributed by atoms with Gasteiger partial charge in [-0.3, -0.25) is 9.59 Å². The van der Waals surface area contributed by atoms with Crippen molar-refractivity contribution in [1.82, 2.24) is 9.88 Å². The van der Waals surface area contributed by atoms with E-state index in [-0.39, 0.29) is 12.3 Å². The first-order valence-corrected chi connectivity index (χ1v) is 6.86. The number of carboxylic acids is 1. The SMILES string of the molecule is COCCN1C(=O)CC(C(=O)O)C1c1ncc(Cl)s1. The molecule has 1 saturated heterocycles. The van der Waals surface area contributed by atoms with Gasteiger partial charge in [0.1, 0.15) is 9.34 Å². The van der Waals surface area contributed by atoms with Crippen LogP contribution >= 0.6 is 22.9 Å². The predicted octanol–water partition coefficient (Wildman–Crippen LogP) is 1.42. The standard InChI is InChI=1S/C11H13ClN2O4S/c1-18-3-2-14-8(15)4-6(11(16)17)9(14)10-13-5-7(12)19-10/h5-6,9H,2-4H2,1H3,(H,16,17). The Bertz CT molecular complexity index is 493. The third-order valence-electron chi connectivity index (χ3n) is 3.03. The number of carbonyl (C=O) groups excluding carboxylic acids is 1. The predicted molar refractivity (Wildman–Crippen MR) is 69.2 cm³/mol. The maximum Gasteiger partial charge on any atom is 0.309 e. The Morgan fingerprint density at radius 2 is 2.47 bits per heavy atom. The van der Waals surface area contributed by atoms with Crippen LogP contribution in [0.1, 0.15) is 17.5 Å². The molecule has 1 aliphatic heterocycles.